The lowest BCUT2D eigenvalue weighted by atomic mass is 10.2. The van der Waals surface area contributed by atoms with Crippen molar-refractivity contribution in [3.63, 3.8) is 0 Å². The summed E-state index contributed by atoms with van der Waals surface area (Å²) in [6.45, 7) is 0.897. The van der Waals surface area contributed by atoms with E-state index in [1.807, 2.05) is 12.1 Å². The second kappa shape index (κ2) is 9.98. The number of hydrogen-bond donors (Lipinski definition) is 1. The van der Waals surface area contributed by atoms with Crippen molar-refractivity contribution < 1.29 is 13.2 Å². The van der Waals surface area contributed by atoms with Crippen LogP contribution in [0.25, 0.3) is 11.0 Å². The fourth-order valence-corrected chi connectivity index (χ4v) is 4.45. The number of sulfonamides is 1. The minimum atomic E-state index is -3.56. The normalized spacial score (nSPS) is 11.8. The van der Waals surface area contributed by atoms with Gasteiger partial charge in [-0.2, -0.15) is 5.10 Å². The first-order valence-electron chi connectivity index (χ1n) is 10.6. The number of rotatable bonds is 8. The van der Waals surface area contributed by atoms with Crippen LogP contribution in [0.1, 0.15) is 15.9 Å². The number of nitrogens with zero attached hydrogens (tertiary/aromatic N) is 5. The van der Waals surface area contributed by atoms with Crippen molar-refractivity contribution in [3.05, 3.63) is 87.6 Å². The average molecular weight is 515 g/mol. The lowest BCUT2D eigenvalue weighted by molar-refractivity contribution is 0.0952. The van der Waals surface area contributed by atoms with Crippen LogP contribution in [0.3, 0.4) is 0 Å². The molecule has 0 unspecified atom stereocenters. The number of amides is 1. The van der Waals surface area contributed by atoms with Crippen LogP contribution in [0.4, 0.5) is 0 Å². The topological polar surface area (TPSA) is 119 Å². The maximum Gasteiger partial charge on any atom is 0.264 e. The molecule has 0 fully saturated rings. The summed E-state index contributed by atoms with van der Waals surface area (Å²) in [6.07, 6.45) is 2.94. The van der Waals surface area contributed by atoms with Gasteiger partial charge in [-0.1, -0.05) is 23.7 Å². The quantitative estimate of drug-likeness (QED) is 0.384. The molecule has 10 nitrogen and oxygen atoms in total. The second-order valence-corrected chi connectivity index (χ2v) is 10.6. The second-order valence-electron chi connectivity index (χ2n) is 7.98. The molecule has 0 aliphatic carbocycles. The van der Waals surface area contributed by atoms with E-state index in [1.165, 1.54) is 55.5 Å². The Hall–Kier alpha value is -3.54. The molecule has 35 heavy (non-hydrogen) atoms. The van der Waals surface area contributed by atoms with Gasteiger partial charge >= 0.3 is 0 Å². The van der Waals surface area contributed by atoms with Gasteiger partial charge in [0.2, 0.25) is 10.0 Å². The molecule has 2 aromatic heterocycles. The Kier molecular flexibility index (Phi) is 7.01. The van der Waals surface area contributed by atoms with E-state index in [1.54, 1.807) is 16.8 Å². The maximum absolute atomic E-state index is 12.8. The highest BCUT2D eigenvalue weighted by Crippen LogP contribution is 2.14. The molecule has 0 saturated carbocycles. The van der Waals surface area contributed by atoms with E-state index < -0.39 is 10.0 Å². The monoisotopic (exact) mass is 514 g/mol. The highest BCUT2D eigenvalue weighted by molar-refractivity contribution is 7.89. The number of carbonyl (C=O) groups is 1. The van der Waals surface area contributed by atoms with Crippen LogP contribution in [0.2, 0.25) is 5.02 Å². The minimum Gasteiger partial charge on any atom is -0.350 e. The standard InChI is InChI=1S/C23H23ClN6O4S/c1-28(2)35(33,34)19-9-5-17(6-10-19)22(31)25-11-12-30-21-20(13-27-30)23(32)29(15-26-21)14-16-3-7-18(24)8-4-16/h3-10,13,15H,11-12,14H2,1-2H3,(H,25,31). The van der Waals surface area contributed by atoms with Crippen molar-refractivity contribution in [1.82, 2.24) is 29.0 Å². The van der Waals surface area contributed by atoms with Gasteiger partial charge in [-0.25, -0.2) is 22.4 Å². The molecule has 0 atom stereocenters. The average Bonchev–Trinajstić information content (AvgIpc) is 3.26. The molecule has 0 bridgehead atoms. The zero-order valence-electron chi connectivity index (χ0n) is 19.1. The summed E-state index contributed by atoms with van der Waals surface area (Å²) in [5.41, 5.74) is 1.46. The van der Waals surface area contributed by atoms with Gasteiger partial charge in [0, 0.05) is 31.2 Å². The highest BCUT2D eigenvalue weighted by atomic mass is 35.5. The Morgan fingerprint density at radius 2 is 1.77 bits per heavy atom. The van der Waals surface area contributed by atoms with Crippen LogP contribution in [-0.4, -0.2) is 58.6 Å². The predicted molar refractivity (Wildman–Crippen MR) is 132 cm³/mol. The molecular weight excluding hydrogens is 492 g/mol. The smallest absolute Gasteiger partial charge is 0.264 e. The molecule has 2 aromatic carbocycles. The molecule has 12 heteroatoms. The third kappa shape index (κ3) is 5.26. The zero-order chi connectivity index (χ0) is 25.2. The van der Waals surface area contributed by atoms with Crippen molar-refractivity contribution in [2.45, 2.75) is 18.0 Å². The summed E-state index contributed by atoms with van der Waals surface area (Å²) < 4.78 is 28.5. The van der Waals surface area contributed by atoms with Gasteiger partial charge in [-0.05, 0) is 42.0 Å². The van der Waals surface area contributed by atoms with Gasteiger partial charge in [0.25, 0.3) is 11.5 Å². The number of nitrogens with one attached hydrogen (secondary N) is 1. The fraction of sp³-hybridized carbons (Fsp3) is 0.217. The summed E-state index contributed by atoms with van der Waals surface area (Å²) in [4.78, 5) is 29.8. The van der Waals surface area contributed by atoms with E-state index in [9.17, 15) is 18.0 Å². The van der Waals surface area contributed by atoms with Gasteiger partial charge in [0.1, 0.15) is 11.7 Å². The molecule has 0 aliphatic heterocycles. The summed E-state index contributed by atoms with van der Waals surface area (Å²) in [7, 11) is -0.676. The largest absolute Gasteiger partial charge is 0.350 e. The SMILES string of the molecule is CN(C)S(=O)(=O)c1ccc(C(=O)NCCn2ncc3c(=O)n(Cc4ccc(Cl)cc4)cnc32)cc1. The molecule has 4 rings (SSSR count). The lowest BCUT2D eigenvalue weighted by Crippen LogP contribution is -2.28. The molecule has 0 radical (unpaired) electrons. The van der Waals surface area contributed by atoms with Crippen LogP contribution in [0.5, 0.6) is 0 Å². The van der Waals surface area contributed by atoms with Crippen LogP contribution in [-0.2, 0) is 23.1 Å². The molecule has 4 aromatic rings. The van der Waals surface area contributed by atoms with Gasteiger partial charge in [0.15, 0.2) is 5.65 Å². The first-order chi connectivity index (χ1) is 16.7. The number of halogens is 1. The number of fused-ring (bicyclic) bond motifs is 1. The van der Waals surface area contributed by atoms with Crippen molar-refractivity contribution >= 4 is 38.6 Å². The lowest BCUT2D eigenvalue weighted by Gasteiger charge is -2.11. The third-order valence-electron chi connectivity index (χ3n) is 5.39. The molecule has 0 aliphatic rings. The van der Waals surface area contributed by atoms with Crippen LogP contribution in [0, 0.1) is 0 Å². The van der Waals surface area contributed by atoms with E-state index in [2.05, 4.69) is 15.4 Å². The highest BCUT2D eigenvalue weighted by Gasteiger charge is 2.17. The Morgan fingerprint density at radius 3 is 2.43 bits per heavy atom. The molecule has 2 heterocycles. The first kappa shape index (κ1) is 24.6. The van der Waals surface area contributed by atoms with Crippen LogP contribution >= 0.6 is 11.6 Å². The summed E-state index contributed by atoms with van der Waals surface area (Å²) in [5.74, 6) is -0.353. The minimum absolute atomic E-state index is 0.106. The van der Waals surface area contributed by atoms with Crippen molar-refractivity contribution in [3.8, 4) is 0 Å². The number of aromatic nitrogens is 4. The van der Waals surface area contributed by atoms with E-state index in [0.29, 0.717) is 34.7 Å². The van der Waals surface area contributed by atoms with Crippen molar-refractivity contribution in [2.75, 3.05) is 20.6 Å². The molecule has 0 saturated heterocycles. The molecule has 1 N–H and O–H groups in total. The summed E-state index contributed by atoms with van der Waals surface area (Å²) >= 11 is 5.91. The predicted octanol–water partition coefficient (Wildman–Crippen LogP) is 1.98. The van der Waals surface area contributed by atoms with E-state index >= 15 is 0 Å². The van der Waals surface area contributed by atoms with E-state index in [0.717, 1.165) is 9.87 Å². The Bertz CT molecular complexity index is 1530. The molecule has 1 amide bonds. The van der Waals surface area contributed by atoms with Crippen molar-refractivity contribution in [1.29, 1.82) is 0 Å². The van der Waals surface area contributed by atoms with Gasteiger partial charge in [-0.15, -0.1) is 0 Å². The Morgan fingerprint density at radius 1 is 1.09 bits per heavy atom. The fourth-order valence-electron chi connectivity index (χ4n) is 3.43. The van der Waals surface area contributed by atoms with Gasteiger partial charge in [0.05, 0.1) is 24.2 Å². The van der Waals surface area contributed by atoms with E-state index in [4.69, 9.17) is 11.6 Å². The Labute approximate surface area is 206 Å². The van der Waals surface area contributed by atoms with Gasteiger partial charge in [-0.3, -0.25) is 14.2 Å². The number of carbonyl (C=O) groups excluding carboxylic acids is 1. The van der Waals surface area contributed by atoms with E-state index in [-0.39, 0.29) is 22.9 Å². The van der Waals surface area contributed by atoms with Gasteiger partial charge < -0.3 is 5.32 Å². The number of benzene rings is 2. The Balaban J connectivity index is 1.40. The first-order valence-corrected chi connectivity index (χ1v) is 12.4. The van der Waals surface area contributed by atoms with Crippen molar-refractivity contribution in [2.24, 2.45) is 0 Å². The molecule has 0 spiro atoms. The summed E-state index contributed by atoms with van der Waals surface area (Å²) in [5, 5.41) is 8.01. The number of hydrogen-bond acceptors (Lipinski definition) is 6. The maximum atomic E-state index is 12.8. The third-order valence-corrected chi connectivity index (χ3v) is 7.47. The van der Waals surface area contributed by atoms with Crippen LogP contribution in [0.15, 0.2) is 70.7 Å². The molecule has 182 valence electrons. The van der Waals surface area contributed by atoms with Crippen LogP contribution < -0.4 is 10.9 Å². The zero-order valence-corrected chi connectivity index (χ0v) is 20.6. The summed E-state index contributed by atoms with van der Waals surface area (Å²) in [6, 6.07) is 12.9. The molecular formula is C23H23ClN6O4S.